The monoisotopic (exact) mass is 496 g/mol. The average molecular weight is 497 g/mol. The van der Waals surface area contributed by atoms with Gasteiger partial charge in [-0.15, -0.1) is 0 Å². The van der Waals surface area contributed by atoms with Crippen LogP contribution < -0.4 is 15.2 Å². The molecule has 0 aliphatic carbocycles. The minimum atomic E-state index is -0.291. The molecule has 7 nitrogen and oxygen atoms in total. The van der Waals surface area contributed by atoms with Crippen LogP contribution >= 0.6 is 0 Å². The van der Waals surface area contributed by atoms with Crippen LogP contribution in [0.1, 0.15) is 36.8 Å². The van der Waals surface area contributed by atoms with E-state index in [0.29, 0.717) is 28.9 Å². The maximum atomic E-state index is 14.0. The van der Waals surface area contributed by atoms with Crippen LogP contribution in [0.25, 0.3) is 27.5 Å². The molecule has 0 saturated heterocycles. The minimum absolute atomic E-state index is 0.224. The third-order valence-corrected chi connectivity index (χ3v) is 6.35. The Bertz CT molecular complexity index is 1620. The standard InChI is InChI=1S/C28H26N4O3.C2H6/c1-5-31(19-9-7-6-8-10-19)27(33)25-24-22-16-15-21(35-4)17-23(22)30(3)26(24)28(34)32(29-25)20-13-11-18(2)12-14-20;1-2/h6-17H,5H2,1-4H3;1-2H3. The lowest BCUT2D eigenvalue weighted by molar-refractivity contribution is 0.0983. The van der Waals surface area contributed by atoms with E-state index in [0.717, 1.165) is 22.2 Å². The second-order valence-corrected chi connectivity index (χ2v) is 8.45. The molecule has 0 radical (unpaired) electrons. The van der Waals surface area contributed by atoms with Gasteiger partial charge in [-0.2, -0.15) is 9.78 Å². The van der Waals surface area contributed by atoms with E-state index in [1.165, 1.54) is 4.68 Å². The summed E-state index contributed by atoms with van der Waals surface area (Å²) < 4.78 is 8.55. The summed E-state index contributed by atoms with van der Waals surface area (Å²) in [7, 11) is 3.43. The van der Waals surface area contributed by atoms with Gasteiger partial charge >= 0.3 is 0 Å². The summed E-state index contributed by atoms with van der Waals surface area (Å²) in [6.45, 7) is 8.36. The highest BCUT2D eigenvalue weighted by molar-refractivity contribution is 6.20. The van der Waals surface area contributed by atoms with Crippen molar-refractivity contribution >= 4 is 33.4 Å². The quantitative estimate of drug-likeness (QED) is 0.304. The largest absolute Gasteiger partial charge is 0.497 e. The number of para-hydroxylation sites is 1. The van der Waals surface area contributed by atoms with Crippen molar-refractivity contribution in [2.75, 3.05) is 18.6 Å². The predicted octanol–water partition coefficient (Wildman–Crippen LogP) is 5.89. The zero-order valence-corrected chi connectivity index (χ0v) is 22.1. The number of benzene rings is 3. The molecule has 0 atom stereocenters. The lowest BCUT2D eigenvalue weighted by Gasteiger charge is -2.21. The number of carbonyl (C=O) groups excluding carboxylic acids is 1. The molecule has 1 amide bonds. The maximum absolute atomic E-state index is 14.0. The van der Waals surface area contributed by atoms with E-state index in [1.807, 2.05) is 112 Å². The smallest absolute Gasteiger partial charge is 0.296 e. The van der Waals surface area contributed by atoms with Crippen molar-refractivity contribution in [1.29, 1.82) is 0 Å². The first-order valence-corrected chi connectivity index (χ1v) is 12.5. The summed E-state index contributed by atoms with van der Waals surface area (Å²) in [5, 5.41) is 5.98. The summed E-state index contributed by atoms with van der Waals surface area (Å²) in [6.07, 6.45) is 0. The Labute approximate surface area is 216 Å². The Balaban J connectivity index is 0.00000156. The Morgan fingerprint density at radius 1 is 1.00 bits per heavy atom. The van der Waals surface area contributed by atoms with Crippen LogP contribution in [0.2, 0.25) is 0 Å². The molecule has 0 saturated carbocycles. The first-order valence-electron chi connectivity index (χ1n) is 12.5. The molecule has 5 aromatic rings. The van der Waals surface area contributed by atoms with E-state index in [9.17, 15) is 9.59 Å². The number of anilines is 1. The lowest BCUT2D eigenvalue weighted by atomic mass is 10.1. The van der Waals surface area contributed by atoms with Gasteiger partial charge < -0.3 is 14.2 Å². The molecule has 0 aliphatic rings. The number of rotatable bonds is 5. The van der Waals surface area contributed by atoms with Crippen molar-refractivity contribution < 1.29 is 9.53 Å². The lowest BCUT2D eigenvalue weighted by Crippen LogP contribution is -2.34. The molecule has 0 unspecified atom stereocenters. The summed E-state index contributed by atoms with van der Waals surface area (Å²) in [4.78, 5) is 29.5. The van der Waals surface area contributed by atoms with E-state index >= 15 is 0 Å². The molecule has 7 heteroatoms. The van der Waals surface area contributed by atoms with Crippen molar-refractivity contribution in [3.05, 3.63) is 94.4 Å². The fraction of sp³-hybridized carbons (Fsp3) is 0.233. The highest BCUT2D eigenvalue weighted by Gasteiger charge is 2.27. The van der Waals surface area contributed by atoms with E-state index in [4.69, 9.17) is 4.74 Å². The van der Waals surface area contributed by atoms with Crippen LogP contribution in [0.4, 0.5) is 5.69 Å². The van der Waals surface area contributed by atoms with Gasteiger partial charge in [-0.3, -0.25) is 9.59 Å². The molecule has 2 heterocycles. The Morgan fingerprint density at radius 3 is 2.30 bits per heavy atom. The van der Waals surface area contributed by atoms with Gasteiger partial charge in [-0.05, 0) is 50.2 Å². The number of methoxy groups -OCH3 is 1. The van der Waals surface area contributed by atoms with Gasteiger partial charge in [0.05, 0.1) is 18.3 Å². The molecule has 190 valence electrons. The number of carbonyl (C=O) groups is 1. The van der Waals surface area contributed by atoms with E-state index in [-0.39, 0.29) is 17.2 Å². The molecule has 37 heavy (non-hydrogen) atoms. The molecular formula is C30H32N4O3. The summed E-state index contributed by atoms with van der Waals surface area (Å²) in [5.41, 5.74) is 3.57. The molecule has 0 fully saturated rings. The molecule has 0 N–H and O–H groups in total. The van der Waals surface area contributed by atoms with Crippen molar-refractivity contribution in [3.8, 4) is 11.4 Å². The van der Waals surface area contributed by atoms with Crippen LogP contribution in [0.15, 0.2) is 77.6 Å². The van der Waals surface area contributed by atoms with Crippen LogP contribution in [-0.2, 0) is 7.05 Å². The zero-order chi connectivity index (χ0) is 26.7. The first kappa shape index (κ1) is 25.7. The molecule has 0 aliphatic heterocycles. The predicted molar refractivity (Wildman–Crippen MR) is 150 cm³/mol. The number of amides is 1. The van der Waals surface area contributed by atoms with Crippen LogP contribution in [-0.4, -0.2) is 33.9 Å². The fourth-order valence-electron chi connectivity index (χ4n) is 4.52. The SMILES string of the molecule is CC.CCN(C(=O)c1nn(-c2ccc(C)cc2)c(=O)c2c1c1ccc(OC)cc1n2C)c1ccccc1. The third-order valence-electron chi connectivity index (χ3n) is 6.35. The zero-order valence-electron chi connectivity index (χ0n) is 22.1. The number of ether oxygens (including phenoxy) is 1. The topological polar surface area (TPSA) is 69.4 Å². The molecule has 3 aromatic carbocycles. The Kier molecular flexibility index (Phi) is 7.43. The second kappa shape index (κ2) is 10.7. The van der Waals surface area contributed by atoms with Crippen molar-refractivity contribution in [1.82, 2.24) is 14.3 Å². The molecule has 2 aromatic heterocycles. The minimum Gasteiger partial charge on any atom is -0.497 e. The summed E-state index contributed by atoms with van der Waals surface area (Å²) >= 11 is 0. The van der Waals surface area contributed by atoms with Gasteiger partial charge in [0.2, 0.25) is 0 Å². The normalized spacial score (nSPS) is 10.8. The fourth-order valence-corrected chi connectivity index (χ4v) is 4.52. The van der Waals surface area contributed by atoms with Crippen molar-refractivity contribution in [2.24, 2.45) is 7.05 Å². The van der Waals surface area contributed by atoms with Gasteiger partial charge in [-0.25, -0.2) is 0 Å². The Hall–Kier alpha value is -4.39. The van der Waals surface area contributed by atoms with Gasteiger partial charge in [0.15, 0.2) is 5.69 Å². The van der Waals surface area contributed by atoms with Crippen molar-refractivity contribution in [3.63, 3.8) is 0 Å². The average Bonchev–Trinajstić information content (AvgIpc) is 3.23. The number of aromatic nitrogens is 3. The highest BCUT2D eigenvalue weighted by Crippen LogP contribution is 2.32. The highest BCUT2D eigenvalue weighted by atomic mass is 16.5. The molecule has 0 bridgehead atoms. The second-order valence-electron chi connectivity index (χ2n) is 8.45. The van der Waals surface area contributed by atoms with Gasteiger partial charge in [-0.1, -0.05) is 49.7 Å². The molecule has 0 spiro atoms. The van der Waals surface area contributed by atoms with Crippen molar-refractivity contribution in [2.45, 2.75) is 27.7 Å². The van der Waals surface area contributed by atoms with E-state index < -0.39 is 0 Å². The van der Waals surface area contributed by atoms with E-state index in [2.05, 4.69) is 5.10 Å². The number of hydrogen-bond donors (Lipinski definition) is 0. The molecular weight excluding hydrogens is 464 g/mol. The number of nitrogens with zero attached hydrogens (tertiary/aromatic N) is 4. The first-order chi connectivity index (χ1) is 17.9. The van der Waals surface area contributed by atoms with Gasteiger partial charge in [0.1, 0.15) is 11.3 Å². The number of fused-ring (bicyclic) bond motifs is 3. The maximum Gasteiger partial charge on any atom is 0.296 e. The van der Waals surface area contributed by atoms with Crippen LogP contribution in [0, 0.1) is 6.92 Å². The van der Waals surface area contributed by atoms with Gasteiger partial charge in [0, 0.05) is 36.1 Å². The van der Waals surface area contributed by atoms with Crippen LogP contribution in [0.3, 0.4) is 0 Å². The van der Waals surface area contributed by atoms with E-state index in [1.54, 1.807) is 12.0 Å². The third kappa shape index (κ3) is 4.48. The number of hydrogen-bond acceptors (Lipinski definition) is 4. The number of aryl methyl sites for hydroxylation is 2. The van der Waals surface area contributed by atoms with Crippen LogP contribution in [0.5, 0.6) is 5.75 Å². The summed E-state index contributed by atoms with van der Waals surface area (Å²) in [6, 6.07) is 22.6. The molecule has 5 rings (SSSR count). The summed E-state index contributed by atoms with van der Waals surface area (Å²) in [5.74, 6) is 0.399. The van der Waals surface area contributed by atoms with Gasteiger partial charge in [0.25, 0.3) is 11.5 Å². The Morgan fingerprint density at radius 2 is 1.68 bits per heavy atom.